The molecule has 1 heterocycles. The van der Waals surface area contributed by atoms with Crippen LogP contribution in [0.3, 0.4) is 0 Å². The van der Waals surface area contributed by atoms with Crippen LogP contribution >= 0.6 is 11.6 Å². The number of ether oxygens (including phenoxy) is 2. The van der Waals surface area contributed by atoms with Gasteiger partial charge in [-0.1, -0.05) is 78.3 Å². The zero-order valence-corrected chi connectivity index (χ0v) is 17.7. The van der Waals surface area contributed by atoms with E-state index in [-0.39, 0.29) is 25.2 Å². The van der Waals surface area contributed by atoms with E-state index in [9.17, 15) is 9.90 Å². The lowest BCUT2D eigenvalue weighted by Gasteiger charge is -2.43. The molecule has 6 heteroatoms. The van der Waals surface area contributed by atoms with E-state index in [4.69, 9.17) is 21.1 Å². The van der Waals surface area contributed by atoms with Crippen molar-refractivity contribution in [3.05, 3.63) is 101 Å². The summed E-state index contributed by atoms with van der Waals surface area (Å²) in [5, 5.41) is 11.4. The molecule has 0 amide bonds. The van der Waals surface area contributed by atoms with Gasteiger partial charge in [0.15, 0.2) is 5.78 Å². The molecule has 1 N–H and O–H groups in total. The maximum atomic E-state index is 12.7. The van der Waals surface area contributed by atoms with Crippen molar-refractivity contribution in [1.29, 1.82) is 0 Å². The SMILES string of the molecule is O=C1C[C@@H](O)[C@@](OCc2ccccc2)(c2ccc(Cl)nc2)C[C@@H]1OCc1ccccc1. The summed E-state index contributed by atoms with van der Waals surface area (Å²) in [4.78, 5) is 16.9. The summed E-state index contributed by atoms with van der Waals surface area (Å²) < 4.78 is 12.4. The lowest BCUT2D eigenvalue weighted by molar-refractivity contribution is -0.190. The second kappa shape index (κ2) is 9.71. The van der Waals surface area contributed by atoms with Crippen LogP contribution < -0.4 is 0 Å². The zero-order valence-electron chi connectivity index (χ0n) is 17.0. The average Bonchev–Trinajstić information content (AvgIpc) is 2.80. The minimum atomic E-state index is -1.14. The van der Waals surface area contributed by atoms with E-state index >= 15 is 0 Å². The molecule has 3 atom stereocenters. The highest BCUT2D eigenvalue weighted by Crippen LogP contribution is 2.41. The number of hydrogen-bond acceptors (Lipinski definition) is 5. The van der Waals surface area contributed by atoms with E-state index in [2.05, 4.69) is 4.98 Å². The van der Waals surface area contributed by atoms with Crippen molar-refractivity contribution in [2.24, 2.45) is 0 Å². The molecule has 0 aliphatic heterocycles. The van der Waals surface area contributed by atoms with Crippen molar-refractivity contribution in [3.8, 4) is 0 Å². The minimum absolute atomic E-state index is 0.0587. The van der Waals surface area contributed by atoms with Gasteiger partial charge in [-0.15, -0.1) is 0 Å². The summed E-state index contributed by atoms with van der Waals surface area (Å²) in [6.07, 6.45) is 0.00584. The number of ketones is 1. The minimum Gasteiger partial charge on any atom is -0.389 e. The highest BCUT2D eigenvalue weighted by Gasteiger charge is 2.50. The fourth-order valence-electron chi connectivity index (χ4n) is 3.90. The molecule has 4 rings (SSSR count). The molecule has 0 saturated heterocycles. The van der Waals surface area contributed by atoms with Crippen LogP contribution in [0.1, 0.15) is 29.5 Å². The van der Waals surface area contributed by atoms with E-state index in [1.807, 2.05) is 60.7 Å². The Morgan fingerprint density at radius 1 is 0.968 bits per heavy atom. The van der Waals surface area contributed by atoms with Gasteiger partial charge >= 0.3 is 0 Å². The van der Waals surface area contributed by atoms with Crippen LogP contribution in [0.4, 0.5) is 0 Å². The van der Waals surface area contributed by atoms with Crippen LogP contribution in [-0.2, 0) is 33.1 Å². The predicted octanol–water partition coefficient (Wildman–Crippen LogP) is 4.46. The first kappa shape index (κ1) is 21.7. The number of Topliss-reactive ketones (excluding diaryl/α,β-unsaturated/α-hetero) is 1. The molecular formula is C25H24ClNO4. The zero-order chi connectivity index (χ0) is 21.7. The topological polar surface area (TPSA) is 68.7 Å². The average molecular weight is 438 g/mol. The number of nitrogens with zero attached hydrogens (tertiary/aromatic N) is 1. The number of aromatic nitrogens is 1. The van der Waals surface area contributed by atoms with E-state index in [1.165, 1.54) is 0 Å². The van der Waals surface area contributed by atoms with E-state index in [1.54, 1.807) is 18.3 Å². The molecule has 5 nitrogen and oxygen atoms in total. The Hall–Kier alpha value is -2.57. The Kier molecular flexibility index (Phi) is 6.78. The third-order valence-corrected chi connectivity index (χ3v) is 5.85. The number of carbonyl (C=O) groups is 1. The Bertz CT molecular complexity index is 997. The number of aliphatic hydroxyl groups excluding tert-OH is 1. The van der Waals surface area contributed by atoms with Gasteiger partial charge in [0.25, 0.3) is 0 Å². The van der Waals surface area contributed by atoms with Crippen molar-refractivity contribution in [2.45, 2.75) is 43.9 Å². The molecule has 1 aliphatic rings. The van der Waals surface area contributed by atoms with Crippen LogP contribution in [0, 0.1) is 0 Å². The molecule has 0 unspecified atom stereocenters. The highest BCUT2D eigenvalue weighted by atomic mass is 35.5. The Balaban J connectivity index is 1.60. The smallest absolute Gasteiger partial charge is 0.164 e. The van der Waals surface area contributed by atoms with Gasteiger partial charge in [-0.05, 0) is 17.2 Å². The second-order valence-electron chi connectivity index (χ2n) is 7.71. The van der Waals surface area contributed by atoms with Crippen molar-refractivity contribution in [1.82, 2.24) is 4.98 Å². The summed E-state index contributed by atoms with van der Waals surface area (Å²) in [5.74, 6) is -0.135. The number of carbonyl (C=O) groups excluding carboxylic acids is 1. The van der Waals surface area contributed by atoms with Gasteiger partial charge in [-0.25, -0.2) is 4.98 Å². The molecule has 31 heavy (non-hydrogen) atoms. The molecule has 1 fully saturated rings. The number of pyridine rings is 1. The molecule has 1 aromatic heterocycles. The number of benzene rings is 2. The fourth-order valence-corrected chi connectivity index (χ4v) is 4.01. The summed E-state index contributed by atoms with van der Waals surface area (Å²) in [6.45, 7) is 0.584. The van der Waals surface area contributed by atoms with Gasteiger partial charge in [-0.2, -0.15) is 0 Å². The van der Waals surface area contributed by atoms with Crippen LogP contribution in [0.15, 0.2) is 79.0 Å². The molecule has 3 aromatic rings. The molecule has 2 aromatic carbocycles. The van der Waals surface area contributed by atoms with E-state index < -0.39 is 17.8 Å². The largest absolute Gasteiger partial charge is 0.389 e. The molecule has 0 spiro atoms. The third-order valence-electron chi connectivity index (χ3n) is 5.63. The van der Waals surface area contributed by atoms with Crippen LogP contribution in [0.5, 0.6) is 0 Å². The summed E-state index contributed by atoms with van der Waals surface area (Å²) in [6, 6.07) is 22.8. The quantitative estimate of drug-likeness (QED) is 0.553. The van der Waals surface area contributed by atoms with E-state index in [0.29, 0.717) is 17.3 Å². The molecule has 1 saturated carbocycles. The van der Waals surface area contributed by atoms with Gasteiger partial charge in [-0.3, -0.25) is 4.79 Å². The monoisotopic (exact) mass is 437 g/mol. The lowest BCUT2D eigenvalue weighted by atomic mass is 9.75. The molecule has 0 bridgehead atoms. The first-order chi connectivity index (χ1) is 15.1. The van der Waals surface area contributed by atoms with Crippen molar-refractivity contribution >= 4 is 17.4 Å². The number of rotatable bonds is 7. The second-order valence-corrected chi connectivity index (χ2v) is 8.10. The first-order valence-corrected chi connectivity index (χ1v) is 10.6. The molecular weight excluding hydrogens is 414 g/mol. The molecule has 1 aliphatic carbocycles. The van der Waals surface area contributed by atoms with Crippen molar-refractivity contribution in [2.75, 3.05) is 0 Å². The van der Waals surface area contributed by atoms with Gasteiger partial charge in [0.05, 0.1) is 19.3 Å². The standard InChI is InChI=1S/C25H24ClNO4/c26-24-12-11-20(15-27-24)25(31-17-19-9-5-2-6-10-19)14-22(21(28)13-23(25)29)30-16-18-7-3-1-4-8-18/h1-12,15,22-23,29H,13-14,16-17H2/t22-,23+,25-/m0/s1. The summed E-state index contributed by atoms with van der Waals surface area (Å²) in [5.41, 5.74) is 1.48. The van der Waals surface area contributed by atoms with E-state index in [0.717, 1.165) is 11.1 Å². The maximum Gasteiger partial charge on any atom is 0.164 e. The predicted molar refractivity (Wildman–Crippen MR) is 117 cm³/mol. The Labute approximate surface area is 186 Å². The van der Waals surface area contributed by atoms with Crippen LogP contribution in [-0.4, -0.2) is 28.1 Å². The lowest BCUT2D eigenvalue weighted by Crippen LogP contribution is -2.52. The Morgan fingerprint density at radius 2 is 1.61 bits per heavy atom. The van der Waals surface area contributed by atoms with Gasteiger partial charge in [0.1, 0.15) is 16.9 Å². The molecule has 0 radical (unpaired) electrons. The van der Waals surface area contributed by atoms with Gasteiger partial charge in [0.2, 0.25) is 0 Å². The number of aliphatic hydroxyl groups is 1. The summed E-state index contributed by atoms with van der Waals surface area (Å²) in [7, 11) is 0. The number of hydrogen-bond donors (Lipinski definition) is 1. The van der Waals surface area contributed by atoms with Gasteiger partial charge in [0, 0.05) is 24.6 Å². The van der Waals surface area contributed by atoms with Crippen molar-refractivity contribution < 1.29 is 19.4 Å². The fraction of sp³-hybridized carbons (Fsp3) is 0.280. The number of halogens is 1. The van der Waals surface area contributed by atoms with Crippen LogP contribution in [0.25, 0.3) is 0 Å². The first-order valence-electron chi connectivity index (χ1n) is 10.2. The Morgan fingerprint density at radius 3 is 2.23 bits per heavy atom. The maximum absolute atomic E-state index is 12.7. The van der Waals surface area contributed by atoms with Crippen molar-refractivity contribution in [3.63, 3.8) is 0 Å². The van der Waals surface area contributed by atoms with Crippen LogP contribution in [0.2, 0.25) is 5.15 Å². The normalized spacial score (nSPS) is 23.6. The molecule has 160 valence electrons. The summed E-state index contributed by atoms with van der Waals surface area (Å²) >= 11 is 5.98. The van der Waals surface area contributed by atoms with Gasteiger partial charge < -0.3 is 14.6 Å². The highest BCUT2D eigenvalue weighted by molar-refractivity contribution is 6.29. The third kappa shape index (κ3) is 5.02.